The van der Waals surface area contributed by atoms with E-state index < -0.39 is 0 Å². The average Bonchev–Trinajstić information content (AvgIpc) is 2.39. The minimum Gasteiger partial charge on any atom is -0.299 e. The van der Waals surface area contributed by atoms with Gasteiger partial charge >= 0.3 is 0 Å². The Morgan fingerprint density at radius 3 is 2.63 bits per heavy atom. The molecular weight excluding hydrogens is 241 g/mol. The number of hydrogen-bond acceptors (Lipinski definition) is 2. The van der Waals surface area contributed by atoms with Crippen LogP contribution in [0.1, 0.15) is 23.7 Å². The van der Waals surface area contributed by atoms with Gasteiger partial charge in [0.15, 0.2) is 0 Å². The van der Waals surface area contributed by atoms with E-state index in [1.54, 1.807) is 18.3 Å². The number of nitrogens with zero attached hydrogens (tertiary/aromatic N) is 1. The molecule has 0 amide bonds. The number of pyridine rings is 1. The third kappa shape index (κ3) is 3.98. The molecule has 1 heterocycles. The summed E-state index contributed by atoms with van der Waals surface area (Å²) < 4.78 is 13.0. The van der Waals surface area contributed by atoms with Crippen LogP contribution in [0.25, 0.3) is 0 Å². The number of benzene rings is 1. The zero-order chi connectivity index (χ0) is 13.7. The van der Waals surface area contributed by atoms with E-state index in [0.29, 0.717) is 12.0 Å². The van der Waals surface area contributed by atoms with Crippen LogP contribution in [0.4, 0.5) is 4.39 Å². The number of carbonyl (C=O) groups excluding carboxylic acids is 1. The average molecular weight is 257 g/mol. The van der Waals surface area contributed by atoms with Crippen LogP contribution < -0.4 is 0 Å². The lowest BCUT2D eigenvalue weighted by Crippen LogP contribution is -2.08. The molecule has 2 nitrogen and oxygen atoms in total. The molecule has 1 aromatic heterocycles. The Hall–Kier alpha value is -2.03. The standard InChI is InChI=1S/C16H16FNO/c1-2-12-6-7-15(18-11-12)10-16(19)9-13-4-3-5-14(17)8-13/h3-8,11H,2,9-10H2,1H3. The molecule has 0 saturated carbocycles. The first-order valence-electron chi connectivity index (χ1n) is 6.37. The van der Waals surface area contributed by atoms with Crippen LogP contribution in [0.2, 0.25) is 0 Å². The number of halogens is 1. The molecule has 0 saturated heterocycles. The van der Waals surface area contributed by atoms with Gasteiger partial charge in [-0.2, -0.15) is 0 Å². The van der Waals surface area contributed by atoms with Crippen LogP contribution in [0.3, 0.4) is 0 Å². The summed E-state index contributed by atoms with van der Waals surface area (Å²) in [7, 11) is 0. The van der Waals surface area contributed by atoms with Gasteiger partial charge in [0.2, 0.25) is 0 Å². The van der Waals surface area contributed by atoms with Crippen molar-refractivity contribution < 1.29 is 9.18 Å². The summed E-state index contributed by atoms with van der Waals surface area (Å²) in [5.41, 5.74) is 2.62. The predicted molar refractivity (Wildman–Crippen MR) is 72.4 cm³/mol. The van der Waals surface area contributed by atoms with Crippen LogP contribution in [0, 0.1) is 5.82 Å². The molecule has 0 aliphatic heterocycles. The molecule has 0 bridgehead atoms. The van der Waals surface area contributed by atoms with Crippen molar-refractivity contribution in [1.29, 1.82) is 0 Å². The summed E-state index contributed by atoms with van der Waals surface area (Å²) >= 11 is 0. The SMILES string of the molecule is CCc1ccc(CC(=O)Cc2cccc(F)c2)nc1. The Labute approximate surface area is 112 Å². The van der Waals surface area contributed by atoms with E-state index in [-0.39, 0.29) is 18.0 Å². The largest absolute Gasteiger partial charge is 0.299 e. The third-order valence-electron chi connectivity index (χ3n) is 2.96. The fourth-order valence-corrected chi connectivity index (χ4v) is 1.91. The Morgan fingerprint density at radius 2 is 2.00 bits per heavy atom. The quantitative estimate of drug-likeness (QED) is 0.823. The first-order valence-corrected chi connectivity index (χ1v) is 6.37. The summed E-state index contributed by atoms with van der Waals surface area (Å²) in [4.78, 5) is 16.1. The molecule has 0 N–H and O–H groups in total. The number of carbonyl (C=O) groups is 1. The lowest BCUT2D eigenvalue weighted by Gasteiger charge is -2.03. The van der Waals surface area contributed by atoms with Crippen molar-refractivity contribution in [2.45, 2.75) is 26.2 Å². The van der Waals surface area contributed by atoms with Crippen molar-refractivity contribution in [2.75, 3.05) is 0 Å². The number of hydrogen-bond donors (Lipinski definition) is 0. The first-order chi connectivity index (χ1) is 9.17. The van der Waals surface area contributed by atoms with E-state index in [9.17, 15) is 9.18 Å². The molecule has 0 aliphatic carbocycles. The van der Waals surface area contributed by atoms with E-state index in [1.807, 2.05) is 12.1 Å². The van der Waals surface area contributed by atoms with Gasteiger partial charge in [-0.25, -0.2) is 4.39 Å². The van der Waals surface area contributed by atoms with Gasteiger partial charge in [0, 0.05) is 24.7 Å². The van der Waals surface area contributed by atoms with Crippen LogP contribution in [0.15, 0.2) is 42.6 Å². The highest BCUT2D eigenvalue weighted by Crippen LogP contribution is 2.07. The van der Waals surface area contributed by atoms with Gasteiger partial charge < -0.3 is 0 Å². The van der Waals surface area contributed by atoms with Crippen molar-refractivity contribution in [3.05, 3.63) is 65.2 Å². The lowest BCUT2D eigenvalue weighted by atomic mass is 10.0. The number of Topliss-reactive ketones (excluding diaryl/α,β-unsaturated/α-hetero) is 1. The molecule has 98 valence electrons. The van der Waals surface area contributed by atoms with Gasteiger partial charge in [-0.3, -0.25) is 9.78 Å². The number of aromatic nitrogens is 1. The second-order valence-corrected chi connectivity index (χ2v) is 4.53. The van der Waals surface area contributed by atoms with E-state index in [4.69, 9.17) is 0 Å². The highest BCUT2D eigenvalue weighted by atomic mass is 19.1. The minimum absolute atomic E-state index is 0.0438. The molecule has 1 aromatic carbocycles. The molecule has 2 rings (SSSR count). The molecule has 19 heavy (non-hydrogen) atoms. The smallest absolute Gasteiger partial charge is 0.143 e. The summed E-state index contributed by atoms with van der Waals surface area (Å²) in [6, 6.07) is 10.0. The first kappa shape index (κ1) is 13.4. The maximum atomic E-state index is 13.0. The Morgan fingerprint density at radius 1 is 1.16 bits per heavy atom. The predicted octanol–water partition coefficient (Wildman–Crippen LogP) is 3.14. The van der Waals surface area contributed by atoms with E-state index in [0.717, 1.165) is 17.7 Å². The molecular formula is C16H16FNO. The maximum Gasteiger partial charge on any atom is 0.143 e. The van der Waals surface area contributed by atoms with Crippen molar-refractivity contribution in [2.24, 2.45) is 0 Å². The molecule has 0 radical (unpaired) electrons. The van der Waals surface area contributed by atoms with Crippen molar-refractivity contribution in [3.8, 4) is 0 Å². The highest BCUT2D eigenvalue weighted by Gasteiger charge is 2.07. The Bertz CT molecular complexity index is 563. The molecule has 0 spiro atoms. The van der Waals surface area contributed by atoms with Crippen molar-refractivity contribution in [1.82, 2.24) is 4.98 Å². The molecule has 0 fully saturated rings. The Balaban J connectivity index is 1.97. The minimum atomic E-state index is -0.310. The summed E-state index contributed by atoms with van der Waals surface area (Å²) in [6.45, 7) is 2.06. The lowest BCUT2D eigenvalue weighted by molar-refractivity contribution is -0.117. The van der Waals surface area contributed by atoms with E-state index in [1.165, 1.54) is 12.1 Å². The monoisotopic (exact) mass is 257 g/mol. The summed E-state index contributed by atoms with van der Waals surface area (Å²) in [5, 5.41) is 0. The van der Waals surface area contributed by atoms with Gasteiger partial charge in [0.25, 0.3) is 0 Å². The summed E-state index contributed by atoms with van der Waals surface area (Å²) in [5.74, 6) is -0.266. The van der Waals surface area contributed by atoms with Gasteiger partial charge in [0.05, 0.1) is 0 Å². The van der Waals surface area contributed by atoms with E-state index in [2.05, 4.69) is 11.9 Å². The van der Waals surface area contributed by atoms with Crippen LogP contribution >= 0.6 is 0 Å². The van der Waals surface area contributed by atoms with Crippen LogP contribution in [-0.2, 0) is 24.1 Å². The molecule has 0 unspecified atom stereocenters. The number of rotatable bonds is 5. The number of aryl methyl sites for hydroxylation is 1. The third-order valence-corrected chi connectivity index (χ3v) is 2.96. The molecule has 2 aromatic rings. The van der Waals surface area contributed by atoms with Crippen molar-refractivity contribution >= 4 is 5.78 Å². The fraction of sp³-hybridized carbons (Fsp3) is 0.250. The molecule has 3 heteroatoms. The zero-order valence-corrected chi connectivity index (χ0v) is 10.9. The van der Waals surface area contributed by atoms with Crippen LogP contribution in [0.5, 0.6) is 0 Å². The molecule has 0 atom stereocenters. The van der Waals surface area contributed by atoms with Gasteiger partial charge in [-0.15, -0.1) is 0 Å². The van der Waals surface area contributed by atoms with Crippen LogP contribution in [-0.4, -0.2) is 10.8 Å². The molecule has 0 aliphatic rings. The zero-order valence-electron chi connectivity index (χ0n) is 10.9. The second-order valence-electron chi connectivity index (χ2n) is 4.53. The topological polar surface area (TPSA) is 30.0 Å². The normalized spacial score (nSPS) is 10.4. The Kier molecular flexibility index (Phi) is 4.39. The fourth-order valence-electron chi connectivity index (χ4n) is 1.91. The van der Waals surface area contributed by atoms with Gasteiger partial charge in [-0.1, -0.05) is 25.1 Å². The second kappa shape index (κ2) is 6.23. The van der Waals surface area contributed by atoms with E-state index >= 15 is 0 Å². The number of ketones is 1. The van der Waals surface area contributed by atoms with Crippen molar-refractivity contribution in [3.63, 3.8) is 0 Å². The van der Waals surface area contributed by atoms with Gasteiger partial charge in [0.1, 0.15) is 11.6 Å². The maximum absolute atomic E-state index is 13.0. The highest BCUT2D eigenvalue weighted by molar-refractivity contribution is 5.82. The summed E-state index contributed by atoms with van der Waals surface area (Å²) in [6.07, 6.45) is 3.27. The van der Waals surface area contributed by atoms with Gasteiger partial charge in [-0.05, 0) is 35.7 Å².